The summed E-state index contributed by atoms with van der Waals surface area (Å²) in [5.74, 6) is -1.05. The summed E-state index contributed by atoms with van der Waals surface area (Å²) in [7, 11) is 1.35. The average Bonchev–Trinajstić information content (AvgIpc) is 3.22. The summed E-state index contributed by atoms with van der Waals surface area (Å²) >= 11 is 2.75. The number of nitrogens with zero attached hydrogens (tertiary/aromatic N) is 1. The fraction of sp³-hybridized carbons (Fsp3) is 0.296. The van der Waals surface area contributed by atoms with Crippen LogP contribution in [0.25, 0.3) is 0 Å². The number of nitro benzene ring substituents is 1. The van der Waals surface area contributed by atoms with Crippen LogP contribution in [0.3, 0.4) is 0 Å². The smallest absolute Gasteiger partial charge is 0.341 e. The number of thiophene rings is 1. The van der Waals surface area contributed by atoms with Crippen molar-refractivity contribution in [1.82, 2.24) is 0 Å². The van der Waals surface area contributed by atoms with Gasteiger partial charge >= 0.3 is 5.97 Å². The Hall–Kier alpha value is -3.70. The lowest BCUT2D eigenvalue weighted by molar-refractivity contribution is -0.384. The number of nitro groups is 1. The van der Waals surface area contributed by atoms with Crippen molar-refractivity contribution in [1.29, 1.82) is 0 Å². The number of ether oxygens (including phenoxy) is 1. The van der Waals surface area contributed by atoms with E-state index in [2.05, 4.69) is 10.6 Å². The predicted octanol–water partition coefficient (Wildman–Crippen LogP) is 6.09. The fourth-order valence-electron chi connectivity index (χ4n) is 4.26. The molecule has 3 aromatic rings. The molecule has 0 saturated carbocycles. The van der Waals surface area contributed by atoms with E-state index in [0.29, 0.717) is 16.3 Å². The molecule has 11 heteroatoms. The molecule has 0 aliphatic heterocycles. The normalized spacial score (nSPS) is 13.0. The lowest BCUT2D eigenvalue weighted by atomic mass is 9.96. The average molecular weight is 554 g/mol. The first-order valence-corrected chi connectivity index (χ1v) is 14.0. The number of benzene rings is 2. The Kier molecular flexibility index (Phi) is 9.14. The van der Waals surface area contributed by atoms with Crippen molar-refractivity contribution in [2.75, 3.05) is 23.5 Å². The Morgan fingerprint density at radius 3 is 2.55 bits per heavy atom. The van der Waals surface area contributed by atoms with E-state index in [-0.39, 0.29) is 22.9 Å². The second kappa shape index (κ2) is 12.7. The molecule has 0 fully saturated rings. The van der Waals surface area contributed by atoms with E-state index in [9.17, 15) is 24.5 Å². The van der Waals surface area contributed by atoms with E-state index < -0.39 is 16.8 Å². The van der Waals surface area contributed by atoms with Crippen LogP contribution < -0.4 is 10.6 Å². The third-order valence-electron chi connectivity index (χ3n) is 6.09. The summed E-state index contributed by atoms with van der Waals surface area (Å²) in [6.07, 6.45) is 6.04. The number of carbonyl (C=O) groups is 3. The SMILES string of the molecule is COC(=O)c1c(NC(=O)CSc2cccc(NC(=O)c3cccc([N+](=O)[O-])c3)c2)sc2c1CCCCCC2. The highest BCUT2D eigenvalue weighted by molar-refractivity contribution is 8.00. The van der Waals surface area contributed by atoms with Gasteiger partial charge in [0.05, 0.1) is 23.3 Å². The summed E-state index contributed by atoms with van der Waals surface area (Å²) in [5, 5.41) is 17.2. The predicted molar refractivity (Wildman–Crippen MR) is 148 cm³/mol. The van der Waals surface area contributed by atoms with Crippen LogP contribution in [-0.2, 0) is 22.4 Å². The number of anilines is 2. The molecule has 1 aliphatic rings. The molecular formula is C27H27N3O6S2. The van der Waals surface area contributed by atoms with Crippen molar-refractivity contribution in [3.05, 3.63) is 80.2 Å². The molecule has 0 atom stereocenters. The summed E-state index contributed by atoms with van der Waals surface area (Å²) in [6.45, 7) is 0. The van der Waals surface area contributed by atoms with Gasteiger partial charge in [-0.3, -0.25) is 19.7 Å². The van der Waals surface area contributed by atoms with Gasteiger partial charge in [0.1, 0.15) is 5.00 Å². The van der Waals surface area contributed by atoms with Crippen LogP contribution in [0.15, 0.2) is 53.4 Å². The molecule has 9 nitrogen and oxygen atoms in total. The Labute approximate surface area is 228 Å². The van der Waals surface area contributed by atoms with Crippen LogP contribution in [0, 0.1) is 10.1 Å². The number of methoxy groups -OCH3 is 1. The topological polar surface area (TPSA) is 128 Å². The zero-order valence-corrected chi connectivity index (χ0v) is 22.4. The van der Waals surface area contributed by atoms with Gasteiger partial charge in [-0.05, 0) is 55.5 Å². The van der Waals surface area contributed by atoms with E-state index in [0.717, 1.165) is 53.9 Å². The number of thioether (sulfide) groups is 1. The Balaban J connectivity index is 1.40. The van der Waals surface area contributed by atoms with Crippen LogP contribution in [0.2, 0.25) is 0 Å². The highest BCUT2D eigenvalue weighted by Gasteiger charge is 2.26. The minimum Gasteiger partial charge on any atom is -0.465 e. The first-order chi connectivity index (χ1) is 18.4. The minimum atomic E-state index is -0.554. The molecule has 38 heavy (non-hydrogen) atoms. The summed E-state index contributed by atoms with van der Waals surface area (Å²) in [5.41, 5.74) is 1.97. The summed E-state index contributed by atoms with van der Waals surface area (Å²) in [4.78, 5) is 50.3. The van der Waals surface area contributed by atoms with Gasteiger partial charge in [-0.2, -0.15) is 0 Å². The summed E-state index contributed by atoms with van der Waals surface area (Å²) < 4.78 is 5.02. The molecule has 2 amide bonds. The number of aryl methyl sites for hydroxylation is 1. The number of non-ortho nitro benzene ring substituents is 1. The number of nitrogens with one attached hydrogen (secondary N) is 2. The van der Waals surface area contributed by atoms with Crippen molar-refractivity contribution < 1.29 is 24.0 Å². The molecule has 1 heterocycles. The number of amides is 2. The second-order valence-electron chi connectivity index (χ2n) is 8.74. The molecule has 198 valence electrons. The highest BCUT2D eigenvalue weighted by atomic mass is 32.2. The molecule has 0 bridgehead atoms. The van der Waals surface area contributed by atoms with E-state index in [1.807, 2.05) is 6.07 Å². The molecule has 4 rings (SSSR count). The van der Waals surface area contributed by atoms with Crippen LogP contribution in [-0.4, -0.2) is 35.6 Å². The Bertz CT molecular complexity index is 1370. The molecule has 1 aromatic heterocycles. The molecule has 0 radical (unpaired) electrons. The van der Waals surface area contributed by atoms with Gasteiger partial charge in [-0.15, -0.1) is 23.1 Å². The van der Waals surface area contributed by atoms with Crippen LogP contribution in [0.1, 0.15) is 56.8 Å². The maximum Gasteiger partial charge on any atom is 0.341 e. The molecule has 0 spiro atoms. The standard InChI is InChI=1S/C27H27N3O6S2/c1-36-27(33)24-21-12-4-2-3-5-13-22(21)38-26(24)29-23(31)16-37-20-11-7-9-18(15-20)28-25(32)17-8-6-10-19(14-17)30(34)35/h6-11,14-15H,2-5,12-13,16H2,1H3,(H,28,32)(H,29,31). The maximum atomic E-state index is 12.8. The number of hydrogen-bond acceptors (Lipinski definition) is 8. The van der Waals surface area contributed by atoms with E-state index in [1.54, 1.807) is 18.2 Å². The van der Waals surface area contributed by atoms with Gasteiger partial charge in [-0.25, -0.2) is 4.79 Å². The third-order valence-corrected chi connectivity index (χ3v) is 8.30. The van der Waals surface area contributed by atoms with Gasteiger partial charge in [0.15, 0.2) is 0 Å². The molecule has 1 aliphatic carbocycles. The Morgan fingerprint density at radius 2 is 1.79 bits per heavy atom. The molecule has 2 N–H and O–H groups in total. The second-order valence-corrected chi connectivity index (χ2v) is 10.9. The van der Waals surface area contributed by atoms with Gasteiger partial charge < -0.3 is 15.4 Å². The van der Waals surface area contributed by atoms with Gasteiger partial charge in [0, 0.05) is 33.2 Å². The van der Waals surface area contributed by atoms with Gasteiger partial charge in [0.25, 0.3) is 11.6 Å². The van der Waals surface area contributed by atoms with Gasteiger partial charge in [0.2, 0.25) is 5.91 Å². The van der Waals surface area contributed by atoms with E-state index in [4.69, 9.17) is 4.74 Å². The fourth-order valence-corrected chi connectivity index (χ4v) is 6.31. The quantitative estimate of drug-likeness (QED) is 0.150. The first kappa shape index (κ1) is 27.3. The first-order valence-electron chi connectivity index (χ1n) is 12.2. The number of hydrogen-bond donors (Lipinski definition) is 2. The summed E-state index contributed by atoms with van der Waals surface area (Å²) in [6, 6.07) is 12.5. The lowest BCUT2D eigenvalue weighted by Gasteiger charge is -2.11. The van der Waals surface area contributed by atoms with Crippen LogP contribution in [0.5, 0.6) is 0 Å². The van der Waals surface area contributed by atoms with E-state index >= 15 is 0 Å². The Morgan fingerprint density at radius 1 is 1.03 bits per heavy atom. The van der Waals surface area contributed by atoms with E-state index in [1.165, 1.54) is 54.5 Å². The third kappa shape index (κ3) is 6.78. The van der Waals surface area contributed by atoms with Crippen LogP contribution >= 0.6 is 23.1 Å². The van der Waals surface area contributed by atoms with Gasteiger partial charge in [-0.1, -0.05) is 25.0 Å². The van der Waals surface area contributed by atoms with Crippen molar-refractivity contribution >= 4 is 57.3 Å². The lowest BCUT2D eigenvalue weighted by Crippen LogP contribution is -2.16. The zero-order valence-electron chi connectivity index (χ0n) is 20.8. The van der Waals surface area contributed by atoms with Crippen LogP contribution in [0.4, 0.5) is 16.4 Å². The van der Waals surface area contributed by atoms with Crippen molar-refractivity contribution in [2.45, 2.75) is 43.4 Å². The van der Waals surface area contributed by atoms with Crippen molar-refractivity contribution in [3.63, 3.8) is 0 Å². The largest absolute Gasteiger partial charge is 0.465 e. The number of carbonyl (C=O) groups excluding carboxylic acids is 3. The molecule has 0 saturated heterocycles. The minimum absolute atomic E-state index is 0.103. The number of esters is 1. The molecule has 2 aromatic carbocycles. The monoisotopic (exact) mass is 553 g/mol. The van der Waals surface area contributed by atoms with Crippen molar-refractivity contribution in [3.8, 4) is 0 Å². The zero-order chi connectivity index (χ0) is 27.1. The number of rotatable bonds is 8. The number of fused-ring (bicyclic) bond motifs is 1. The molecule has 0 unspecified atom stereocenters. The van der Waals surface area contributed by atoms with Crippen molar-refractivity contribution in [2.24, 2.45) is 0 Å². The maximum absolute atomic E-state index is 12.8. The highest BCUT2D eigenvalue weighted by Crippen LogP contribution is 2.37. The molecular weight excluding hydrogens is 526 g/mol.